The quantitative estimate of drug-likeness (QED) is 0.617. The average molecular weight is 301 g/mol. The minimum Gasteiger partial charge on any atom is -0.264 e. The maximum atomic E-state index is 4.31. The van der Waals surface area contributed by atoms with Gasteiger partial charge in [0.25, 0.3) is 0 Å². The summed E-state index contributed by atoms with van der Waals surface area (Å²) in [5, 5.41) is 0. The minimum absolute atomic E-state index is 0.176. The van der Waals surface area contributed by atoms with Gasteiger partial charge in [0, 0.05) is 18.3 Å². The number of nitrogens with zero attached hydrogens (tertiary/aromatic N) is 1. The van der Waals surface area contributed by atoms with Crippen LogP contribution >= 0.6 is 0 Å². The van der Waals surface area contributed by atoms with Gasteiger partial charge in [-0.1, -0.05) is 81.4 Å². The molecule has 1 heteroatoms. The Morgan fingerprint density at radius 3 is 1.87 bits per heavy atom. The standard InChI is InChI=1S/C22H23N/c1-22(2,3)20-13-11-18(12-14-20)21(17-8-5-4-6-9-17)19-10-7-15-23-16-19/h4-16,21H,1-3H3. The molecule has 2 aromatic carbocycles. The minimum atomic E-state index is 0.176. The third kappa shape index (κ3) is 3.50. The summed E-state index contributed by atoms with van der Waals surface area (Å²) in [6.07, 6.45) is 3.80. The van der Waals surface area contributed by atoms with Crippen LogP contribution < -0.4 is 0 Å². The van der Waals surface area contributed by atoms with Crippen LogP contribution in [0.1, 0.15) is 48.9 Å². The molecule has 0 saturated heterocycles. The first-order valence-electron chi connectivity index (χ1n) is 8.11. The van der Waals surface area contributed by atoms with Gasteiger partial charge in [-0.3, -0.25) is 4.98 Å². The monoisotopic (exact) mass is 301 g/mol. The summed E-state index contributed by atoms with van der Waals surface area (Å²) < 4.78 is 0. The Labute approximate surface area is 139 Å². The molecule has 0 spiro atoms. The van der Waals surface area contributed by atoms with Crippen molar-refractivity contribution in [3.05, 3.63) is 101 Å². The lowest BCUT2D eigenvalue weighted by Gasteiger charge is -2.22. The predicted molar refractivity (Wildman–Crippen MR) is 96.8 cm³/mol. The second-order valence-corrected chi connectivity index (χ2v) is 7.00. The van der Waals surface area contributed by atoms with E-state index in [0.717, 1.165) is 0 Å². The molecule has 1 atom stereocenters. The van der Waals surface area contributed by atoms with Crippen molar-refractivity contribution < 1.29 is 0 Å². The van der Waals surface area contributed by atoms with E-state index in [-0.39, 0.29) is 11.3 Å². The Balaban J connectivity index is 2.06. The van der Waals surface area contributed by atoms with Crippen LogP contribution in [-0.4, -0.2) is 4.98 Å². The molecule has 116 valence electrons. The van der Waals surface area contributed by atoms with Crippen LogP contribution in [0.5, 0.6) is 0 Å². The molecular formula is C22H23N. The van der Waals surface area contributed by atoms with Crippen molar-refractivity contribution in [2.24, 2.45) is 0 Å². The number of benzene rings is 2. The summed E-state index contributed by atoms with van der Waals surface area (Å²) in [7, 11) is 0. The van der Waals surface area contributed by atoms with Gasteiger partial charge in [0.15, 0.2) is 0 Å². The van der Waals surface area contributed by atoms with Crippen LogP contribution in [0.2, 0.25) is 0 Å². The molecule has 23 heavy (non-hydrogen) atoms. The summed E-state index contributed by atoms with van der Waals surface area (Å²) in [4.78, 5) is 4.31. The van der Waals surface area contributed by atoms with Crippen molar-refractivity contribution in [3.63, 3.8) is 0 Å². The first-order valence-corrected chi connectivity index (χ1v) is 8.11. The Kier molecular flexibility index (Phi) is 4.29. The lowest BCUT2D eigenvalue weighted by Crippen LogP contribution is -2.11. The Morgan fingerprint density at radius 2 is 1.30 bits per heavy atom. The van der Waals surface area contributed by atoms with Gasteiger partial charge in [-0.2, -0.15) is 0 Å². The van der Waals surface area contributed by atoms with Crippen LogP contribution in [0.3, 0.4) is 0 Å². The molecule has 1 nitrogen and oxygen atoms in total. The van der Waals surface area contributed by atoms with E-state index in [9.17, 15) is 0 Å². The average Bonchev–Trinajstić information content (AvgIpc) is 2.57. The van der Waals surface area contributed by atoms with Crippen molar-refractivity contribution in [3.8, 4) is 0 Å². The van der Waals surface area contributed by atoms with Gasteiger partial charge in [-0.15, -0.1) is 0 Å². The van der Waals surface area contributed by atoms with E-state index in [4.69, 9.17) is 0 Å². The van der Waals surface area contributed by atoms with Crippen LogP contribution in [0.15, 0.2) is 79.1 Å². The molecule has 0 aliphatic rings. The van der Waals surface area contributed by atoms with Crippen LogP contribution in [0.4, 0.5) is 0 Å². The fourth-order valence-corrected chi connectivity index (χ4v) is 2.95. The molecule has 0 aliphatic heterocycles. The van der Waals surface area contributed by atoms with E-state index < -0.39 is 0 Å². The molecule has 0 saturated carbocycles. The van der Waals surface area contributed by atoms with E-state index in [2.05, 4.69) is 86.4 Å². The summed E-state index contributed by atoms with van der Waals surface area (Å²) in [6, 6.07) is 23.8. The van der Waals surface area contributed by atoms with E-state index >= 15 is 0 Å². The summed E-state index contributed by atoms with van der Waals surface area (Å²) in [5.41, 5.74) is 5.36. The molecule has 0 aliphatic carbocycles. The maximum Gasteiger partial charge on any atom is 0.0355 e. The topological polar surface area (TPSA) is 12.9 Å². The number of hydrogen-bond donors (Lipinski definition) is 0. The van der Waals surface area contributed by atoms with Crippen molar-refractivity contribution in [2.45, 2.75) is 32.1 Å². The Morgan fingerprint density at radius 1 is 0.696 bits per heavy atom. The summed E-state index contributed by atoms with van der Waals surface area (Å²) in [6.45, 7) is 6.74. The highest BCUT2D eigenvalue weighted by atomic mass is 14.6. The third-order valence-electron chi connectivity index (χ3n) is 4.26. The SMILES string of the molecule is CC(C)(C)c1ccc(C(c2ccccc2)c2cccnc2)cc1. The number of hydrogen-bond acceptors (Lipinski definition) is 1. The molecule has 0 N–H and O–H groups in total. The second kappa shape index (κ2) is 6.37. The van der Waals surface area contributed by atoms with Gasteiger partial charge in [-0.05, 0) is 33.7 Å². The molecule has 0 fully saturated rings. The largest absolute Gasteiger partial charge is 0.264 e. The third-order valence-corrected chi connectivity index (χ3v) is 4.26. The summed E-state index contributed by atoms with van der Waals surface area (Å²) in [5.74, 6) is 0.221. The molecule has 0 radical (unpaired) electrons. The molecule has 1 heterocycles. The first kappa shape index (κ1) is 15.5. The van der Waals surface area contributed by atoms with Crippen LogP contribution in [0.25, 0.3) is 0 Å². The predicted octanol–water partition coefficient (Wildman–Crippen LogP) is 5.56. The van der Waals surface area contributed by atoms with Crippen molar-refractivity contribution in [1.29, 1.82) is 0 Å². The summed E-state index contributed by atoms with van der Waals surface area (Å²) >= 11 is 0. The van der Waals surface area contributed by atoms with Gasteiger partial charge in [-0.25, -0.2) is 0 Å². The molecule has 3 aromatic rings. The van der Waals surface area contributed by atoms with E-state index in [1.54, 1.807) is 0 Å². The van der Waals surface area contributed by atoms with Crippen LogP contribution in [-0.2, 0) is 5.41 Å². The molecule has 0 bridgehead atoms. The first-order chi connectivity index (χ1) is 11.1. The van der Waals surface area contributed by atoms with E-state index in [1.807, 2.05) is 18.5 Å². The highest BCUT2D eigenvalue weighted by Gasteiger charge is 2.18. The molecule has 1 aromatic heterocycles. The van der Waals surface area contributed by atoms with Crippen molar-refractivity contribution in [1.82, 2.24) is 4.98 Å². The molecular weight excluding hydrogens is 278 g/mol. The van der Waals surface area contributed by atoms with Gasteiger partial charge >= 0.3 is 0 Å². The smallest absolute Gasteiger partial charge is 0.0355 e. The lowest BCUT2D eigenvalue weighted by atomic mass is 9.82. The maximum absolute atomic E-state index is 4.31. The number of pyridine rings is 1. The zero-order valence-electron chi connectivity index (χ0n) is 14.0. The van der Waals surface area contributed by atoms with E-state index in [1.165, 1.54) is 22.3 Å². The Hall–Kier alpha value is -2.41. The number of rotatable bonds is 3. The van der Waals surface area contributed by atoms with Gasteiger partial charge in [0.2, 0.25) is 0 Å². The highest BCUT2D eigenvalue weighted by Crippen LogP contribution is 2.32. The second-order valence-electron chi connectivity index (χ2n) is 7.00. The molecule has 3 rings (SSSR count). The van der Waals surface area contributed by atoms with Gasteiger partial charge < -0.3 is 0 Å². The van der Waals surface area contributed by atoms with Crippen molar-refractivity contribution >= 4 is 0 Å². The Bertz CT molecular complexity index is 698. The molecule has 1 unspecified atom stereocenters. The van der Waals surface area contributed by atoms with E-state index in [0.29, 0.717) is 0 Å². The normalized spacial score (nSPS) is 12.8. The van der Waals surface area contributed by atoms with Crippen molar-refractivity contribution in [2.75, 3.05) is 0 Å². The zero-order valence-corrected chi connectivity index (χ0v) is 14.0. The van der Waals surface area contributed by atoms with Gasteiger partial charge in [0.1, 0.15) is 0 Å². The number of aromatic nitrogens is 1. The molecule has 0 amide bonds. The van der Waals surface area contributed by atoms with Crippen LogP contribution in [0, 0.1) is 0 Å². The fourth-order valence-electron chi connectivity index (χ4n) is 2.95. The highest BCUT2D eigenvalue weighted by molar-refractivity contribution is 5.43. The zero-order chi connectivity index (χ0) is 16.3. The lowest BCUT2D eigenvalue weighted by molar-refractivity contribution is 0.590. The fraction of sp³-hybridized carbons (Fsp3) is 0.227. The van der Waals surface area contributed by atoms with Gasteiger partial charge in [0.05, 0.1) is 0 Å².